The Labute approximate surface area is 72.6 Å². The van der Waals surface area contributed by atoms with Crippen LogP contribution >= 0.6 is 0 Å². The van der Waals surface area contributed by atoms with E-state index in [0.29, 0.717) is 5.92 Å². The quantitative estimate of drug-likeness (QED) is 0.308. The maximum Gasteiger partial charge on any atom is 0.251 e. The van der Waals surface area contributed by atoms with Gasteiger partial charge in [-0.2, -0.15) is 0 Å². The highest BCUT2D eigenvalue weighted by Crippen LogP contribution is 2.25. The normalized spacial score (nSPS) is 21.8. The van der Waals surface area contributed by atoms with Gasteiger partial charge in [0, 0.05) is 0 Å². The third-order valence-electron chi connectivity index (χ3n) is 2.60. The Morgan fingerprint density at radius 3 is 2.42 bits per heavy atom. The third kappa shape index (κ3) is 2.19. The van der Waals surface area contributed by atoms with E-state index in [0.717, 1.165) is 12.8 Å². The minimum atomic E-state index is -0.407. The molecule has 1 saturated carbocycles. The Hall–Kier alpha value is -0.610. The molecule has 12 heavy (non-hydrogen) atoms. The molecule has 0 radical (unpaired) electrons. The topological polar surface area (TPSA) is 81.1 Å². The number of amides is 1. The Morgan fingerprint density at radius 2 is 1.92 bits per heavy atom. The maximum atomic E-state index is 11.0. The fourth-order valence-corrected chi connectivity index (χ4v) is 1.80. The van der Waals surface area contributed by atoms with Crippen LogP contribution in [0.4, 0.5) is 0 Å². The largest absolute Gasteiger partial charge is 0.320 e. The molecule has 5 N–H and O–H groups in total. The fraction of sp³-hybridized carbons (Fsp3) is 0.875. The second-order valence-corrected chi connectivity index (χ2v) is 3.43. The van der Waals surface area contributed by atoms with Crippen molar-refractivity contribution in [3.8, 4) is 0 Å². The highest BCUT2D eigenvalue weighted by molar-refractivity contribution is 5.81. The van der Waals surface area contributed by atoms with Gasteiger partial charge in [-0.05, 0) is 18.8 Å². The van der Waals surface area contributed by atoms with Crippen molar-refractivity contribution in [1.29, 1.82) is 0 Å². The molecule has 0 saturated heterocycles. The van der Waals surface area contributed by atoms with Gasteiger partial charge in [0.2, 0.25) is 0 Å². The summed E-state index contributed by atoms with van der Waals surface area (Å²) >= 11 is 0. The van der Waals surface area contributed by atoms with Crippen LogP contribution in [0.2, 0.25) is 0 Å². The van der Waals surface area contributed by atoms with Gasteiger partial charge in [-0.3, -0.25) is 10.2 Å². The van der Waals surface area contributed by atoms with Gasteiger partial charge in [-0.15, -0.1) is 0 Å². The summed E-state index contributed by atoms with van der Waals surface area (Å²) in [6.45, 7) is 0. The number of hydrogen-bond acceptors (Lipinski definition) is 3. The van der Waals surface area contributed by atoms with Crippen LogP contribution in [-0.4, -0.2) is 11.9 Å². The minimum Gasteiger partial charge on any atom is -0.320 e. The molecule has 0 spiro atoms. The van der Waals surface area contributed by atoms with E-state index in [4.69, 9.17) is 11.6 Å². The van der Waals surface area contributed by atoms with Crippen molar-refractivity contribution in [3.05, 3.63) is 0 Å². The summed E-state index contributed by atoms with van der Waals surface area (Å²) in [6.07, 6.45) is 5.78. The highest BCUT2D eigenvalue weighted by Gasteiger charge is 2.25. The van der Waals surface area contributed by atoms with Crippen molar-refractivity contribution in [2.75, 3.05) is 0 Å². The zero-order valence-corrected chi connectivity index (χ0v) is 7.25. The monoisotopic (exact) mass is 171 g/mol. The Kier molecular flexibility index (Phi) is 3.49. The molecular weight excluding hydrogens is 154 g/mol. The first-order valence-corrected chi connectivity index (χ1v) is 4.51. The first-order chi connectivity index (χ1) is 5.75. The average Bonchev–Trinajstić information content (AvgIpc) is 2.17. The van der Waals surface area contributed by atoms with Gasteiger partial charge in [-0.25, -0.2) is 5.84 Å². The third-order valence-corrected chi connectivity index (χ3v) is 2.60. The summed E-state index contributed by atoms with van der Waals surface area (Å²) in [5.41, 5.74) is 7.81. The summed E-state index contributed by atoms with van der Waals surface area (Å²) in [5, 5.41) is 0. The van der Waals surface area contributed by atoms with E-state index < -0.39 is 6.04 Å². The Balaban J connectivity index is 2.39. The first kappa shape index (κ1) is 9.48. The SMILES string of the molecule is NNC(=O)C(N)C1CCCCC1. The lowest BCUT2D eigenvalue weighted by atomic mass is 9.84. The molecule has 1 unspecified atom stereocenters. The summed E-state index contributed by atoms with van der Waals surface area (Å²) in [5.74, 6) is 5.10. The standard InChI is InChI=1S/C8H17N3O/c9-7(8(12)11-10)6-4-2-1-3-5-6/h6-7H,1-5,9-10H2,(H,11,12). The summed E-state index contributed by atoms with van der Waals surface area (Å²) in [7, 11) is 0. The van der Waals surface area contributed by atoms with Crippen molar-refractivity contribution in [1.82, 2.24) is 5.43 Å². The summed E-state index contributed by atoms with van der Waals surface area (Å²) in [6, 6.07) is -0.407. The molecule has 1 amide bonds. The van der Waals surface area contributed by atoms with E-state index in [1.54, 1.807) is 0 Å². The predicted molar refractivity (Wildman–Crippen MR) is 46.9 cm³/mol. The van der Waals surface area contributed by atoms with Crippen molar-refractivity contribution in [3.63, 3.8) is 0 Å². The highest BCUT2D eigenvalue weighted by atomic mass is 16.2. The van der Waals surface area contributed by atoms with E-state index >= 15 is 0 Å². The fourth-order valence-electron chi connectivity index (χ4n) is 1.80. The molecule has 0 aromatic rings. The molecule has 0 aliphatic heterocycles. The maximum absolute atomic E-state index is 11.0. The predicted octanol–water partition coefficient (Wildman–Crippen LogP) is -0.116. The van der Waals surface area contributed by atoms with Crippen LogP contribution in [0.15, 0.2) is 0 Å². The molecule has 70 valence electrons. The lowest BCUT2D eigenvalue weighted by Crippen LogP contribution is -2.48. The van der Waals surface area contributed by atoms with Crippen LogP contribution in [0.5, 0.6) is 0 Å². The van der Waals surface area contributed by atoms with Gasteiger partial charge in [0.15, 0.2) is 0 Å². The number of hydrazine groups is 1. The number of carbonyl (C=O) groups excluding carboxylic acids is 1. The molecule has 1 rings (SSSR count). The van der Waals surface area contributed by atoms with Gasteiger partial charge in [0.05, 0.1) is 6.04 Å². The van der Waals surface area contributed by atoms with Gasteiger partial charge >= 0.3 is 0 Å². The van der Waals surface area contributed by atoms with Gasteiger partial charge in [0.25, 0.3) is 5.91 Å². The number of nitrogens with one attached hydrogen (secondary N) is 1. The van der Waals surface area contributed by atoms with Crippen molar-refractivity contribution in [2.45, 2.75) is 38.1 Å². The number of hydrogen-bond donors (Lipinski definition) is 3. The van der Waals surface area contributed by atoms with E-state index in [2.05, 4.69) is 5.43 Å². The number of carbonyl (C=O) groups is 1. The van der Waals surface area contributed by atoms with Crippen LogP contribution < -0.4 is 17.0 Å². The molecule has 4 heteroatoms. The van der Waals surface area contributed by atoms with Gasteiger partial charge < -0.3 is 5.73 Å². The molecule has 0 bridgehead atoms. The molecule has 1 aliphatic carbocycles. The van der Waals surface area contributed by atoms with E-state index in [1.807, 2.05) is 0 Å². The zero-order valence-electron chi connectivity index (χ0n) is 7.25. The molecule has 1 aliphatic rings. The van der Waals surface area contributed by atoms with E-state index in [-0.39, 0.29) is 5.91 Å². The molecule has 0 aromatic carbocycles. The molecule has 1 atom stereocenters. The Bertz CT molecular complexity index is 154. The van der Waals surface area contributed by atoms with Crippen molar-refractivity contribution < 1.29 is 4.79 Å². The second kappa shape index (κ2) is 4.42. The number of rotatable bonds is 2. The van der Waals surface area contributed by atoms with Gasteiger partial charge in [-0.1, -0.05) is 19.3 Å². The van der Waals surface area contributed by atoms with Crippen LogP contribution in [0.1, 0.15) is 32.1 Å². The average molecular weight is 171 g/mol. The molecule has 4 nitrogen and oxygen atoms in total. The van der Waals surface area contributed by atoms with Gasteiger partial charge in [0.1, 0.15) is 0 Å². The van der Waals surface area contributed by atoms with Crippen LogP contribution in [0, 0.1) is 5.92 Å². The summed E-state index contributed by atoms with van der Waals surface area (Å²) in [4.78, 5) is 11.0. The van der Waals surface area contributed by atoms with Crippen LogP contribution in [0.3, 0.4) is 0 Å². The minimum absolute atomic E-state index is 0.234. The molecule has 1 fully saturated rings. The van der Waals surface area contributed by atoms with Crippen molar-refractivity contribution in [2.24, 2.45) is 17.5 Å². The second-order valence-electron chi connectivity index (χ2n) is 3.43. The molecule has 0 heterocycles. The van der Waals surface area contributed by atoms with Crippen LogP contribution in [0.25, 0.3) is 0 Å². The molecular formula is C8H17N3O. The lowest BCUT2D eigenvalue weighted by Gasteiger charge is -2.25. The smallest absolute Gasteiger partial charge is 0.251 e. The molecule has 0 aromatic heterocycles. The van der Waals surface area contributed by atoms with E-state index in [9.17, 15) is 4.79 Å². The van der Waals surface area contributed by atoms with Crippen LogP contribution in [-0.2, 0) is 4.79 Å². The number of nitrogens with two attached hydrogens (primary N) is 2. The zero-order chi connectivity index (χ0) is 8.97. The Morgan fingerprint density at radius 1 is 1.33 bits per heavy atom. The van der Waals surface area contributed by atoms with Crippen molar-refractivity contribution >= 4 is 5.91 Å². The lowest BCUT2D eigenvalue weighted by molar-refractivity contribution is -0.123. The summed E-state index contributed by atoms with van der Waals surface area (Å²) < 4.78 is 0. The first-order valence-electron chi connectivity index (χ1n) is 4.51. The van der Waals surface area contributed by atoms with E-state index in [1.165, 1.54) is 19.3 Å².